The standard InChI is InChI=1S/C26H38N2O5/c1-18-5-2-7-23(32-16-14-29)25(18)19-9-11-20(12-10-19)33-17-22-21(6-3-13-27-22)28-26(30)24-8-4-15-31-24/h2,5,7,14,19-22,24,27H,3-4,6,8-13,15-17H2,1H3,(H,28,30)/t19?,20?,21-,22-,24+/m0/s1. The van der Waals surface area contributed by atoms with Gasteiger partial charge in [0.05, 0.1) is 18.8 Å². The van der Waals surface area contributed by atoms with Gasteiger partial charge in [0, 0.05) is 18.2 Å². The number of nitrogens with one attached hydrogen (secondary N) is 2. The third-order valence-electron chi connectivity index (χ3n) is 7.32. The van der Waals surface area contributed by atoms with Crippen LogP contribution in [0.25, 0.3) is 0 Å². The maximum Gasteiger partial charge on any atom is 0.249 e. The highest BCUT2D eigenvalue weighted by molar-refractivity contribution is 5.81. The monoisotopic (exact) mass is 458 g/mol. The molecular weight excluding hydrogens is 420 g/mol. The van der Waals surface area contributed by atoms with E-state index >= 15 is 0 Å². The largest absolute Gasteiger partial charge is 0.486 e. The van der Waals surface area contributed by atoms with E-state index in [1.54, 1.807) is 0 Å². The fourth-order valence-corrected chi connectivity index (χ4v) is 5.55. The zero-order chi connectivity index (χ0) is 23.0. The van der Waals surface area contributed by atoms with Crippen LogP contribution in [-0.2, 0) is 19.1 Å². The van der Waals surface area contributed by atoms with Crippen molar-refractivity contribution in [3.05, 3.63) is 29.3 Å². The molecule has 1 amide bonds. The van der Waals surface area contributed by atoms with Gasteiger partial charge in [0.2, 0.25) is 5.91 Å². The van der Waals surface area contributed by atoms with Crippen molar-refractivity contribution >= 4 is 12.2 Å². The Bertz CT molecular complexity index is 787. The number of benzene rings is 1. The van der Waals surface area contributed by atoms with E-state index in [-0.39, 0.29) is 36.8 Å². The second kappa shape index (κ2) is 12.0. The highest BCUT2D eigenvalue weighted by Crippen LogP contribution is 2.40. The molecule has 0 spiro atoms. The summed E-state index contributed by atoms with van der Waals surface area (Å²) in [6.07, 6.45) is 8.67. The first-order valence-electron chi connectivity index (χ1n) is 12.6. The average molecular weight is 459 g/mol. The summed E-state index contributed by atoms with van der Waals surface area (Å²) in [5.74, 6) is 1.29. The van der Waals surface area contributed by atoms with Gasteiger partial charge >= 0.3 is 0 Å². The van der Waals surface area contributed by atoms with E-state index in [2.05, 4.69) is 23.6 Å². The molecule has 2 aliphatic heterocycles. The lowest BCUT2D eigenvalue weighted by Gasteiger charge is -2.36. The van der Waals surface area contributed by atoms with Crippen molar-refractivity contribution in [2.24, 2.45) is 0 Å². The number of hydrogen-bond donors (Lipinski definition) is 2. The molecule has 1 aliphatic carbocycles. The van der Waals surface area contributed by atoms with E-state index in [1.807, 2.05) is 12.1 Å². The first kappa shape index (κ1) is 24.2. The third-order valence-corrected chi connectivity index (χ3v) is 7.32. The number of carbonyl (C=O) groups excluding carboxylic acids is 2. The van der Waals surface area contributed by atoms with Crippen LogP contribution in [-0.4, -0.2) is 62.9 Å². The van der Waals surface area contributed by atoms with Crippen molar-refractivity contribution in [1.29, 1.82) is 0 Å². The number of piperidine rings is 1. The molecule has 0 aromatic heterocycles. The lowest BCUT2D eigenvalue weighted by atomic mass is 9.80. The molecule has 7 nitrogen and oxygen atoms in total. The SMILES string of the molecule is Cc1cccc(OCC=O)c1C1CCC(OC[C@@H]2NCCC[C@@H]2NC(=O)[C@H]2CCCO2)CC1. The number of hydrogen-bond acceptors (Lipinski definition) is 6. The first-order valence-corrected chi connectivity index (χ1v) is 12.6. The second-order valence-corrected chi connectivity index (χ2v) is 9.59. The minimum Gasteiger partial charge on any atom is -0.486 e. The minimum absolute atomic E-state index is 0.0255. The second-order valence-electron chi connectivity index (χ2n) is 9.59. The van der Waals surface area contributed by atoms with Crippen LogP contribution in [0.4, 0.5) is 0 Å². The maximum absolute atomic E-state index is 12.5. The number of aldehydes is 1. The third kappa shape index (κ3) is 6.34. The molecule has 3 atom stereocenters. The smallest absolute Gasteiger partial charge is 0.249 e. The lowest BCUT2D eigenvalue weighted by Crippen LogP contribution is -2.57. The molecule has 7 heteroatoms. The van der Waals surface area contributed by atoms with Gasteiger partial charge in [0.25, 0.3) is 0 Å². The zero-order valence-electron chi connectivity index (χ0n) is 19.7. The molecule has 0 radical (unpaired) electrons. The summed E-state index contributed by atoms with van der Waals surface area (Å²) in [7, 11) is 0. The average Bonchev–Trinajstić information content (AvgIpc) is 3.38. The molecule has 3 aliphatic rings. The quantitative estimate of drug-likeness (QED) is 0.554. The van der Waals surface area contributed by atoms with Crippen molar-refractivity contribution in [2.45, 2.75) is 88.5 Å². The topological polar surface area (TPSA) is 85.9 Å². The molecule has 33 heavy (non-hydrogen) atoms. The number of carbonyl (C=O) groups is 2. The summed E-state index contributed by atoms with van der Waals surface area (Å²) >= 11 is 0. The highest BCUT2D eigenvalue weighted by atomic mass is 16.5. The molecule has 0 unspecified atom stereocenters. The van der Waals surface area contributed by atoms with E-state index in [4.69, 9.17) is 14.2 Å². The van der Waals surface area contributed by atoms with Crippen LogP contribution in [0.2, 0.25) is 0 Å². The van der Waals surface area contributed by atoms with Gasteiger partial charge < -0.3 is 24.8 Å². The van der Waals surface area contributed by atoms with E-state index in [0.29, 0.717) is 19.1 Å². The summed E-state index contributed by atoms with van der Waals surface area (Å²) in [6, 6.07) is 6.30. The number of aryl methyl sites for hydroxylation is 1. The Kier molecular flexibility index (Phi) is 8.75. The Balaban J connectivity index is 1.27. The minimum atomic E-state index is -0.286. The van der Waals surface area contributed by atoms with Gasteiger partial charge in [0.1, 0.15) is 18.5 Å². The van der Waals surface area contributed by atoms with Crippen molar-refractivity contribution in [3.63, 3.8) is 0 Å². The summed E-state index contributed by atoms with van der Waals surface area (Å²) < 4.78 is 17.6. The Labute approximate surface area is 196 Å². The molecule has 0 bridgehead atoms. The molecule has 2 saturated heterocycles. The van der Waals surface area contributed by atoms with Crippen LogP contribution in [0.5, 0.6) is 5.75 Å². The Morgan fingerprint density at radius 2 is 2.03 bits per heavy atom. The molecule has 3 fully saturated rings. The molecule has 182 valence electrons. The van der Waals surface area contributed by atoms with Crippen molar-refractivity contribution < 1.29 is 23.8 Å². The van der Waals surface area contributed by atoms with E-state index in [1.165, 1.54) is 11.1 Å². The lowest BCUT2D eigenvalue weighted by molar-refractivity contribution is -0.131. The Morgan fingerprint density at radius 1 is 1.18 bits per heavy atom. The molecule has 4 rings (SSSR count). The van der Waals surface area contributed by atoms with Gasteiger partial charge in [-0.15, -0.1) is 0 Å². The first-order chi connectivity index (χ1) is 16.2. The van der Waals surface area contributed by atoms with Crippen molar-refractivity contribution in [2.75, 3.05) is 26.4 Å². The van der Waals surface area contributed by atoms with Crippen LogP contribution in [0.15, 0.2) is 18.2 Å². The van der Waals surface area contributed by atoms with Crippen molar-refractivity contribution in [3.8, 4) is 5.75 Å². The molecule has 2 N–H and O–H groups in total. The molecule has 1 aromatic carbocycles. The Hall–Kier alpha value is -1.96. The number of ether oxygens (including phenoxy) is 3. The summed E-state index contributed by atoms with van der Waals surface area (Å²) in [5, 5.41) is 6.76. The maximum atomic E-state index is 12.5. The van der Waals surface area contributed by atoms with Crippen LogP contribution in [0, 0.1) is 6.92 Å². The van der Waals surface area contributed by atoms with Gasteiger partial charge in [-0.2, -0.15) is 0 Å². The van der Waals surface area contributed by atoms with Crippen LogP contribution >= 0.6 is 0 Å². The van der Waals surface area contributed by atoms with Crippen LogP contribution < -0.4 is 15.4 Å². The normalized spacial score (nSPS) is 30.0. The predicted molar refractivity (Wildman–Crippen MR) is 126 cm³/mol. The van der Waals surface area contributed by atoms with E-state index in [0.717, 1.165) is 69.9 Å². The fourth-order valence-electron chi connectivity index (χ4n) is 5.55. The van der Waals surface area contributed by atoms with E-state index in [9.17, 15) is 9.59 Å². The summed E-state index contributed by atoms with van der Waals surface area (Å²) in [6.45, 7) is 4.47. The zero-order valence-corrected chi connectivity index (χ0v) is 19.7. The summed E-state index contributed by atoms with van der Waals surface area (Å²) in [5.41, 5.74) is 2.46. The highest BCUT2D eigenvalue weighted by Gasteiger charge is 2.32. The number of amides is 1. The van der Waals surface area contributed by atoms with Crippen molar-refractivity contribution in [1.82, 2.24) is 10.6 Å². The predicted octanol–water partition coefficient (Wildman–Crippen LogP) is 3.03. The Morgan fingerprint density at radius 3 is 2.79 bits per heavy atom. The number of rotatable bonds is 9. The molecule has 2 heterocycles. The fraction of sp³-hybridized carbons (Fsp3) is 0.692. The molecule has 1 aromatic rings. The van der Waals surface area contributed by atoms with Crippen LogP contribution in [0.3, 0.4) is 0 Å². The van der Waals surface area contributed by atoms with Gasteiger partial charge in [-0.1, -0.05) is 12.1 Å². The van der Waals surface area contributed by atoms with Gasteiger partial charge in [-0.25, -0.2) is 0 Å². The van der Waals surface area contributed by atoms with Gasteiger partial charge in [0.15, 0.2) is 6.29 Å². The molecular formula is C26H38N2O5. The van der Waals surface area contributed by atoms with Gasteiger partial charge in [-0.3, -0.25) is 9.59 Å². The van der Waals surface area contributed by atoms with Gasteiger partial charge in [-0.05, 0) is 82.4 Å². The van der Waals surface area contributed by atoms with E-state index < -0.39 is 0 Å². The summed E-state index contributed by atoms with van der Waals surface area (Å²) in [4.78, 5) is 23.3. The molecule has 1 saturated carbocycles. The van der Waals surface area contributed by atoms with Crippen LogP contribution in [0.1, 0.15) is 68.4 Å².